The molecule has 6 nitrogen and oxygen atoms in total. The van der Waals surface area contributed by atoms with E-state index in [1.54, 1.807) is 6.20 Å². The predicted molar refractivity (Wildman–Crippen MR) is 88.2 cm³/mol. The smallest absolute Gasteiger partial charge is 0.161 e. The van der Waals surface area contributed by atoms with Gasteiger partial charge in [0.25, 0.3) is 0 Å². The van der Waals surface area contributed by atoms with Crippen LogP contribution in [0.2, 0.25) is 0 Å². The van der Waals surface area contributed by atoms with Gasteiger partial charge in [0.05, 0.1) is 24.2 Å². The molecule has 0 spiro atoms. The Morgan fingerprint density at radius 3 is 2.79 bits per heavy atom. The second-order valence-electron chi connectivity index (χ2n) is 6.16. The molecule has 1 fully saturated rings. The number of ether oxygens (including phenoxy) is 3. The molecule has 0 bridgehead atoms. The molecule has 3 heterocycles. The van der Waals surface area contributed by atoms with E-state index in [0.717, 1.165) is 42.5 Å². The summed E-state index contributed by atoms with van der Waals surface area (Å²) < 4.78 is 17.1. The Morgan fingerprint density at radius 2 is 1.96 bits per heavy atom. The van der Waals surface area contributed by atoms with Crippen molar-refractivity contribution in [3.63, 3.8) is 0 Å². The Bertz CT molecular complexity index is 705. The minimum absolute atomic E-state index is 0.0240. The number of aromatic nitrogens is 2. The molecule has 2 aliphatic heterocycles. The number of rotatable bonds is 3. The van der Waals surface area contributed by atoms with Crippen molar-refractivity contribution in [3.05, 3.63) is 47.5 Å². The summed E-state index contributed by atoms with van der Waals surface area (Å²) in [5.41, 5.74) is 3.03. The SMILES string of the molecule is Cc1cnc(C2CN(Cc3ccc4c(c3)OCCO4)CCO2)cn1. The zero-order valence-electron chi connectivity index (χ0n) is 13.8. The average molecular weight is 327 g/mol. The van der Waals surface area contributed by atoms with Crippen molar-refractivity contribution >= 4 is 0 Å². The molecule has 0 radical (unpaired) electrons. The second-order valence-corrected chi connectivity index (χ2v) is 6.16. The summed E-state index contributed by atoms with van der Waals surface area (Å²) in [7, 11) is 0. The Balaban J connectivity index is 1.44. The van der Waals surface area contributed by atoms with E-state index in [2.05, 4.69) is 27.0 Å². The first-order valence-corrected chi connectivity index (χ1v) is 8.29. The summed E-state index contributed by atoms with van der Waals surface area (Å²) >= 11 is 0. The standard InChI is InChI=1S/C18H21N3O3/c1-13-9-20-15(10-19-13)18-12-21(4-5-22-18)11-14-2-3-16-17(8-14)24-7-6-23-16/h2-3,8-10,18H,4-7,11-12H2,1H3. The fourth-order valence-electron chi connectivity index (χ4n) is 3.04. The molecule has 0 N–H and O–H groups in total. The van der Waals surface area contributed by atoms with Gasteiger partial charge in [0.1, 0.15) is 19.3 Å². The highest BCUT2D eigenvalue weighted by Crippen LogP contribution is 2.31. The van der Waals surface area contributed by atoms with Gasteiger partial charge < -0.3 is 14.2 Å². The van der Waals surface area contributed by atoms with Gasteiger partial charge in [-0.15, -0.1) is 0 Å². The molecule has 2 aromatic rings. The second kappa shape index (κ2) is 6.75. The van der Waals surface area contributed by atoms with E-state index in [9.17, 15) is 0 Å². The van der Waals surface area contributed by atoms with E-state index < -0.39 is 0 Å². The minimum Gasteiger partial charge on any atom is -0.486 e. The lowest BCUT2D eigenvalue weighted by Crippen LogP contribution is -2.38. The first kappa shape index (κ1) is 15.4. The molecule has 0 aliphatic carbocycles. The number of benzene rings is 1. The molecule has 24 heavy (non-hydrogen) atoms. The highest BCUT2D eigenvalue weighted by Gasteiger charge is 2.23. The van der Waals surface area contributed by atoms with Gasteiger partial charge in [0.15, 0.2) is 11.5 Å². The van der Waals surface area contributed by atoms with Crippen LogP contribution in [0, 0.1) is 6.92 Å². The highest BCUT2D eigenvalue weighted by atomic mass is 16.6. The van der Waals surface area contributed by atoms with Crippen LogP contribution in [0.1, 0.15) is 23.1 Å². The topological polar surface area (TPSA) is 56.7 Å². The lowest BCUT2D eigenvalue weighted by Gasteiger charge is -2.32. The number of nitrogens with zero attached hydrogens (tertiary/aromatic N) is 3. The molecule has 0 saturated carbocycles. The first-order chi connectivity index (χ1) is 11.8. The summed E-state index contributed by atoms with van der Waals surface area (Å²) in [6.45, 7) is 6.45. The van der Waals surface area contributed by atoms with E-state index in [-0.39, 0.29) is 6.10 Å². The molecule has 4 rings (SSSR count). The quantitative estimate of drug-likeness (QED) is 0.861. The van der Waals surface area contributed by atoms with E-state index in [1.807, 2.05) is 19.2 Å². The first-order valence-electron chi connectivity index (χ1n) is 8.29. The molecule has 0 amide bonds. The van der Waals surface area contributed by atoms with Gasteiger partial charge >= 0.3 is 0 Å². The van der Waals surface area contributed by atoms with Crippen LogP contribution in [-0.2, 0) is 11.3 Å². The maximum atomic E-state index is 5.87. The van der Waals surface area contributed by atoms with E-state index >= 15 is 0 Å². The lowest BCUT2D eigenvalue weighted by molar-refractivity contribution is -0.0352. The number of fused-ring (bicyclic) bond motifs is 1. The van der Waals surface area contributed by atoms with Gasteiger partial charge in [-0.25, -0.2) is 0 Å². The molecule has 1 unspecified atom stereocenters. The molecular weight excluding hydrogens is 306 g/mol. The van der Waals surface area contributed by atoms with E-state index in [4.69, 9.17) is 14.2 Å². The number of aryl methyl sites for hydroxylation is 1. The summed E-state index contributed by atoms with van der Waals surface area (Å²) in [5, 5.41) is 0. The van der Waals surface area contributed by atoms with E-state index in [1.165, 1.54) is 5.56 Å². The summed E-state index contributed by atoms with van der Waals surface area (Å²) in [6, 6.07) is 6.17. The highest BCUT2D eigenvalue weighted by molar-refractivity contribution is 5.43. The monoisotopic (exact) mass is 327 g/mol. The zero-order chi connectivity index (χ0) is 16.4. The largest absolute Gasteiger partial charge is 0.486 e. The normalized spacial score (nSPS) is 20.8. The van der Waals surface area contributed by atoms with Crippen molar-refractivity contribution in [2.45, 2.75) is 19.6 Å². The molecule has 1 aromatic heterocycles. The predicted octanol–water partition coefficient (Wildman–Crippen LogP) is 2.13. The fraction of sp³-hybridized carbons (Fsp3) is 0.444. The molecule has 126 valence electrons. The van der Waals surface area contributed by atoms with Crippen LogP contribution in [0.4, 0.5) is 0 Å². The summed E-state index contributed by atoms with van der Waals surface area (Å²) in [6.07, 6.45) is 3.58. The molecule has 6 heteroatoms. The third-order valence-electron chi connectivity index (χ3n) is 4.29. The van der Waals surface area contributed by atoms with Crippen LogP contribution < -0.4 is 9.47 Å². The van der Waals surface area contributed by atoms with Crippen molar-refractivity contribution in [2.24, 2.45) is 0 Å². The Morgan fingerprint density at radius 1 is 1.08 bits per heavy atom. The molecule has 1 aromatic carbocycles. The van der Waals surface area contributed by atoms with Crippen molar-refractivity contribution in [1.29, 1.82) is 0 Å². The third-order valence-corrected chi connectivity index (χ3v) is 4.29. The number of hydrogen-bond acceptors (Lipinski definition) is 6. The number of hydrogen-bond donors (Lipinski definition) is 0. The van der Waals surface area contributed by atoms with Gasteiger partial charge in [0, 0.05) is 25.8 Å². The maximum Gasteiger partial charge on any atom is 0.161 e. The van der Waals surface area contributed by atoms with Crippen LogP contribution >= 0.6 is 0 Å². The Hall–Kier alpha value is -2.18. The molecule has 1 saturated heterocycles. The minimum atomic E-state index is -0.0240. The third kappa shape index (κ3) is 3.34. The summed E-state index contributed by atoms with van der Waals surface area (Å²) in [5.74, 6) is 1.67. The maximum absolute atomic E-state index is 5.87. The van der Waals surface area contributed by atoms with E-state index in [0.29, 0.717) is 19.8 Å². The number of morpholine rings is 1. The zero-order valence-corrected chi connectivity index (χ0v) is 13.8. The molecular formula is C18H21N3O3. The van der Waals surface area contributed by atoms with Crippen LogP contribution in [0.25, 0.3) is 0 Å². The van der Waals surface area contributed by atoms with Crippen molar-refractivity contribution in [3.8, 4) is 11.5 Å². The van der Waals surface area contributed by atoms with Crippen molar-refractivity contribution in [1.82, 2.24) is 14.9 Å². The Labute approximate surface area is 141 Å². The van der Waals surface area contributed by atoms with Gasteiger partial charge in [0.2, 0.25) is 0 Å². The fourth-order valence-corrected chi connectivity index (χ4v) is 3.04. The average Bonchev–Trinajstić information content (AvgIpc) is 2.62. The van der Waals surface area contributed by atoms with Crippen molar-refractivity contribution < 1.29 is 14.2 Å². The van der Waals surface area contributed by atoms with Crippen LogP contribution in [0.3, 0.4) is 0 Å². The molecule has 1 atom stereocenters. The van der Waals surface area contributed by atoms with Gasteiger partial charge in [-0.2, -0.15) is 0 Å². The van der Waals surface area contributed by atoms with Gasteiger partial charge in [-0.1, -0.05) is 6.07 Å². The van der Waals surface area contributed by atoms with Crippen LogP contribution in [-0.4, -0.2) is 47.8 Å². The summed E-state index contributed by atoms with van der Waals surface area (Å²) in [4.78, 5) is 11.1. The van der Waals surface area contributed by atoms with Crippen LogP contribution in [0.15, 0.2) is 30.6 Å². The van der Waals surface area contributed by atoms with Gasteiger partial charge in [-0.3, -0.25) is 14.9 Å². The van der Waals surface area contributed by atoms with Crippen LogP contribution in [0.5, 0.6) is 11.5 Å². The lowest BCUT2D eigenvalue weighted by atomic mass is 10.1. The molecule has 2 aliphatic rings. The Kier molecular flexibility index (Phi) is 4.32. The van der Waals surface area contributed by atoms with Crippen molar-refractivity contribution in [2.75, 3.05) is 32.9 Å². The van der Waals surface area contributed by atoms with Gasteiger partial charge in [-0.05, 0) is 24.6 Å².